The second kappa shape index (κ2) is 13.2. The van der Waals surface area contributed by atoms with Crippen LogP contribution in [0.3, 0.4) is 0 Å². The average molecular weight is 605 g/mol. The van der Waals surface area contributed by atoms with Crippen LogP contribution in [0.5, 0.6) is 5.75 Å². The predicted octanol–water partition coefficient (Wildman–Crippen LogP) is 5.29. The number of carbonyl (C=O) groups excluding carboxylic acids is 2. The van der Waals surface area contributed by atoms with Gasteiger partial charge in [0, 0.05) is 22.6 Å². The summed E-state index contributed by atoms with van der Waals surface area (Å²) in [6.07, 6.45) is 5.18. The van der Waals surface area contributed by atoms with Crippen LogP contribution in [-0.4, -0.2) is 57.1 Å². The molecular formula is C26H32Cl3N3O5S. The number of amides is 2. The Morgan fingerprint density at radius 1 is 1.08 bits per heavy atom. The SMILES string of the molecule is CCC(C(=O)NC1CCCC1)N(Cc1ccc(Cl)cc1Cl)C(=O)CN(c1ccc(OC)c(Cl)c1)S(C)(=O)=O. The third kappa shape index (κ3) is 7.68. The molecule has 1 saturated carbocycles. The molecule has 2 aromatic rings. The van der Waals surface area contributed by atoms with Gasteiger partial charge in [0.2, 0.25) is 21.8 Å². The zero-order chi connectivity index (χ0) is 28.0. The molecule has 208 valence electrons. The van der Waals surface area contributed by atoms with Gasteiger partial charge in [-0.15, -0.1) is 0 Å². The molecule has 0 saturated heterocycles. The minimum absolute atomic E-state index is 0.00754. The van der Waals surface area contributed by atoms with Crippen molar-refractivity contribution < 1.29 is 22.7 Å². The molecule has 0 bridgehead atoms. The average Bonchev–Trinajstić information content (AvgIpc) is 3.35. The fourth-order valence-corrected chi connectivity index (χ4v) is 6.11. The summed E-state index contributed by atoms with van der Waals surface area (Å²) in [6, 6.07) is 8.55. The number of methoxy groups -OCH3 is 1. The van der Waals surface area contributed by atoms with Gasteiger partial charge in [0.05, 0.1) is 24.1 Å². The van der Waals surface area contributed by atoms with Crippen molar-refractivity contribution in [3.63, 3.8) is 0 Å². The molecule has 2 aromatic carbocycles. The second-order valence-corrected chi connectivity index (χ2v) is 12.4. The van der Waals surface area contributed by atoms with Crippen molar-refractivity contribution >= 4 is 62.3 Å². The molecule has 1 unspecified atom stereocenters. The number of hydrogen-bond donors (Lipinski definition) is 1. The van der Waals surface area contributed by atoms with E-state index < -0.39 is 28.5 Å². The lowest BCUT2D eigenvalue weighted by Crippen LogP contribution is -2.53. The molecule has 1 atom stereocenters. The molecule has 8 nitrogen and oxygen atoms in total. The highest BCUT2D eigenvalue weighted by molar-refractivity contribution is 7.92. The second-order valence-electron chi connectivity index (χ2n) is 9.26. The summed E-state index contributed by atoms with van der Waals surface area (Å²) in [5.41, 5.74) is 0.773. The van der Waals surface area contributed by atoms with Crippen LogP contribution in [0.15, 0.2) is 36.4 Å². The highest BCUT2D eigenvalue weighted by atomic mass is 35.5. The van der Waals surface area contributed by atoms with Crippen LogP contribution in [0, 0.1) is 0 Å². The first-order chi connectivity index (χ1) is 17.9. The summed E-state index contributed by atoms with van der Waals surface area (Å²) in [7, 11) is -2.45. The molecule has 0 aromatic heterocycles. The smallest absolute Gasteiger partial charge is 0.244 e. The Balaban J connectivity index is 1.96. The van der Waals surface area contributed by atoms with Gasteiger partial charge in [0.1, 0.15) is 18.3 Å². The van der Waals surface area contributed by atoms with E-state index in [9.17, 15) is 18.0 Å². The molecule has 2 amide bonds. The van der Waals surface area contributed by atoms with Gasteiger partial charge in [-0.05, 0) is 55.2 Å². The van der Waals surface area contributed by atoms with Crippen molar-refractivity contribution in [3.05, 3.63) is 57.0 Å². The van der Waals surface area contributed by atoms with E-state index in [4.69, 9.17) is 39.5 Å². The number of nitrogens with one attached hydrogen (secondary N) is 1. The maximum absolute atomic E-state index is 13.8. The minimum atomic E-state index is -3.90. The summed E-state index contributed by atoms with van der Waals surface area (Å²) < 4.78 is 31.7. The molecule has 1 N–H and O–H groups in total. The lowest BCUT2D eigenvalue weighted by Gasteiger charge is -2.33. The van der Waals surface area contributed by atoms with Crippen LogP contribution in [-0.2, 0) is 26.2 Å². The first-order valence-electron chi connectivity index (χ1n) is 12.3. The monoisotopic (exact) mass is 603 g/mol. The van der Waals surface area contributed by atoms with Gasteiger partial charge < -0.3 is 15.0 Å². The van der Waals surface area contributed by atoms with Gasteiger partial charge in [-0.2, -0.15) is 0 Å². The van der Waals surface area contributed by atoms with Gasteiger partial charge in [-0.25, -0.2) is 8.42 Å². The first-order valence-corrected chi connectivity index (χ1v) is 15.3. The summed E-state index contributed by atoms with van der Waals surface area (Å²) in [5, 5.41) is 4.02. The van der Waals surface area contributed by atoms with Crippen LogP contribution in [0.4, 0.5) is 5.69 Å². The van der Waals surface area contributed by atoms with Crippen molar-refractivity contribution in [3.8, 4) is 5.75 Å². The van der Waals surface area contributed by atoms with Crippen LogP contribution in [0.2, 0.25) is 15.1 Å². The van der Waals surface area contributed by atoms with Gasteiger partial charge in [0.25, 0.3) is 0 Å². The van der Waals surface area contributed by atoms with Crippen molar-refractivity contribution in [2.24, 2.45) is 0 Å². The van der Waals surface area contributed by atoms with Gasteiger partial charge in [0.15, 0.2) is 0 Å². The summed E-state index contributed by atoms with van der Waals surface area (Å²) in [5.74, 6) is -0.484. The number of benzene rings is 2. The number of halogens is 3. The number of carbonyl (C=O) groups is 2. The zero-order valence-electron chi connectivity index (χ0n) is 21.5. The molecular weight excluding hydrogens is 573 g/mol. The molecule has 1 fully saturated rings. The Kier molecular flexibility index (Phi) is 10.6. The van der Waals surface area contributed by atoms with E-state index in [0.29, 0.717) is 27.8 Å². The van der Waals surface area contributed by atoms with E-state index in [-0.39, 0.29) is 29.2 Å². The lowest BCUT2D eigenvalue weighted by atomic mass is 10.1. The fraction of sp³-hybridized carbons (Fsp3) is 0.462. The van der Waals surface area contributed by atoms with Crippen LogP contribution < -0.4 is 14.4 Å². The standard InChI is InChI=1S/C26H32Cl3N3O5S/c1-4-23(26(34)30-19-7-5-6-8-19)31(15-17-9-10-18(27)13-21(17)28)25(33)16-32(38(3,35)36)20-11-12-24(37-2)22(29)14-20/h9-14,19,23H,4-8,15-16H2,1-3H3,(H,30,34). The van der Waals surface area contributed by atoms with Gasteiger partial charge in [-0.1, -0.05) is 60.6 Å². The highest BCUT2D eigenvalue weighted by Crippen LogP contribution is 2.31. The predicted molar refractivity (Wildman–Crippen MR) is 152 cm³/mol. The quantitative estimate of drug-likeness (QED) is 0.376. The van der Waals surface area contributed by atoms with E-state index in [1.165, 1.54) is 30.2 Å². The number of anilines is 1. The Morgan fingerprint density at radius 3 is 2.32 bits per heavy atom. The molecule has 1 aliphatic carbocycles. The molecule has 38 heavy (non-hydrogen) atoms. The van der Waals surface area contributed by atoms with E-state index in [2.05, 4.69) is 5.32 Å². The third-order valence-electron chi connectivity index (χ3n) is 6.55. The molecule has 0 heterocycles. The number of nitrogens with zero attached hydrogens (tertiary/aromatic N) is 2. The molecule has 0 aliphatic heterocycles. The minimum Gasteiger partial charge on any atom is -0.495 e. The van der Waals surface area contributed by atoms with Crippen molar-refractivity contribution in [2.75, 3.05) is 24.2 Å². The number of rotatable bonds is 11. The van der Waals surface area contributed by atoms with Gasteiger partial charge >= 0.3 is 0 Å². The Hall–Kier alpha value is -2.20. The number of ether oxygens (including phenoxy) is 1. The van der Waals surface area contributed by atoms with E-state index in [1.807, 2.05) is 0 Å². The Morgan fingerprint density at radius 2 is 1.76 bits per heavy atom. The molecule has 12 heteroatoms. The van der Waals surface area contributed by atoms with E-state index >= 15 is 0 Å². The number of sulfonamides is 1. The van der Waals surface area contributed by atoms with Crippen LogP contribution in [0.1, 0.15) is 44.6 Å². The van der Waals surface area contributed by atoms with Crippen molar-refractivity contribution in [1.82, 2.24) is 10.2 Å². The molecule has 1 aliphatic rings. The summed E-state index contributed by atoms with van der Waals surface area (Å²) in [6.45, 7) is 1.26. The van der Waals surface area contributed by atoms with E-state index in [1.54, 1.807) is 25.1 Å². The highest BCUT2D eigenvalue weighted by Gasteiger charge is 2.33. The van der Waals surface area contributed by atoms with Gasteiger partial charge in [-0.3, -0.25) is 13.9 Å². The summed E-state index contributed by atoms with van der Waals surface area (Å²) >= 11 is 18.7. The maximum atomic E-state index is 13.8. The van der Waals surface area contributed by atoms with E-state index in [0.717, 1.165) is 36.2 Å². The largest absolute Gasteiger partial charge is 0.495 e. The maximum Gasteiger partial charge on any atom is 0.244 e. The topological polar surface area (TPSA) is 96.0 Å². The summed E-state index contributed by atoms with van der Waals surface area (Å²) in [4.78, 5) is 28.5. The van der Waals surface area contributed by atoms with Crippen molar-refractivity contribution in [2.45, 2.75) is 57.7 Å². The first kappa shape index (κ1) is 30.3. The normalized spacial score (nSPS) is 14.7. The van der Waals surface area contributed by atoms with Crippen molar-refractivity contribution in [1.29, 1.82) is 0 Å². The molecule has 3 rings (SSSR count). The Bertz CT molecular complexity index is 1270. The third-order valence-corrected chi connectivity index (χ3v) is 8.57. The fourth-order valence-electron chi connectivity index (χ4n) is 4.54. The number of hydrogen-bond acceptors (Lipinski definition) is 5. The van der Waals surface area contributed by atoms with Crippen LogP contribution >= 0.6 is 34.8 Å². The van der Waals surface area contributed by atoms with Crippen LogP contribution in [0.25, 0.3) is 0 Å². The Labute approximate surface area is 239 Å². The lowest BCUT2D eigenvalue weighted by molar-refractivity contribution is -0.140. The zero-order valence-corrected chi connectivity index (χ0v) is 24.6. The molecule has 0 radical (unpaired) electrons. The molecule has 0 spiro atoms.